The van der Waals surface area contributed by atoms with Gasteiger partial charge in [-0.05, 0) is 36.1 Å². The van der Waals surface area contributed by atoms with E-state index in [0.29, 0.717) is 0 Å². The second-order valence-electron chi connectivity index (χ2n) is 6.48. The van der Waals surface area contributed by atoms with Crippen molar-refractivity contribution < 1.29 is 9.53 Å². The van der Waals surface area contributed by atoms with E-state index in [4.69, 9.17) is 4.74 Å². The molecule has 3 aromatic rings. The van der Waals surface area contributed by atoms with Crippen molar-refractivity contribution in [3.05, 3.63) is 102 Å². The Labute approximate surface area is 161 Å². The molecule has 0 radical (unpaired) electrons. The zero-order chi connectivity index (χ0) is 19.1. The van der Waals surface area contributed by atoms with E-state index in [1.165, 1.54) is 0 Å². The molecule has 0 aliphatic rings. The highest BCUT2D eigenvalue weighted by molar-refractivity contribution is 5.81. The summed E-state index contributed by atoms with van der Waals surface area (Å²) in [4.78, 5) is 12.9. The van der Waals surface area contributed by atoms with Crippen molar-refractivity contribution in [1.82, 2.24) is 5.32 Å². The molecule has 3 aromatic carbocycles. The number of carbonyl (C=O) groups is 1. The molecule has 0 fully saturated rings. The Morgan fingerprint density at radius 3 is 1.93 bits per heavy atom. The van der Waals surface area contributed by atoms with Crippen molar-refractivity contribution in [1.29, 1.82) is 0 Å². The smallest absolute Gasteiger partial charge is 0.261 e. The third-order valence-electron chi connectivity index (χ3n) is 4.58. The molecule has 0 spiro atoms. The monoisotopic (exact) mass is 359 g/mol. The van der Waals surface area contributed by atoms with Gasteiger partial charge in [0.2, 0.25) is 0 Å². The molecule has 0 aliphatic heterocycles. The Kier molecular flexibility index (Phi) is 6.26. The van der Waals surface area contributed by atoms with Crippen LogP contribution in [-0.4, -0.2) is 12.0 Å². The SMILES string of the molecule is CCc1ccccc1OC(C)C(=O)NC(c1ccccc1)c1ccccc1. The van der Waals surface area contributed by atoms with Crippen LogP contribution in [0.25, 0.3) is 0 Å². The van der Waals surface area contributed by atoms with Gasteiger partial charge < -0.3 is 10.1 Å². The van der Waals surface area contributed by atoms with Crippen molar-refractivity contribution in [2.24, 2.45) is 0 Å². The van der Waals surface area contributed by atoms with Gasteiger partial charge in [-0.15, -0.1) is 0 Å². The number of hydrogen-bond acceptors (Lipinski definition) is 2. The highest BCUT2D eigenvalue weighted by Gasteiger charge is 2.22. The molecule has 1 N–H and O–H groups in total. The number of amides is 1. The molecule has 0 saturated carbocycles. The molecule has 3 heteroatoms. The Morgan fingerprint density at radius 1 is 0.852 bits per heavy atom. The molecule has 0 bridgehead atoms. The molecule has 138 valence electrons. The van der Waals surface area contributed by atoms with Gasteiger partial charge in [-0.2, -0.15) is 0 Å². The summed E-state index contributed by atoms with van der Waals surface area (Å²) in [5.74, 6) is 0.622. The van der Waals surface area contributed by atoms with Crippen LogP contribution in [0.2, 0.25) is 0 Å². The molecular formula is C24H25NO2. The fraction of sp³-hybridized carbons (Fsp3) is 0.208. The van der Waals surface area contributed by atoms with Crippen molar-refractivity contribution in [3.63, 3.8) is 0 Å². The van der Waals surface area contributed by atoms with Crippen LogP contribution in [0.5, 0.6) is 5.75 Å². The molecule has 0 aromatic heterocycles. The van der Waals surface area contributed by atoms with E-state index in [1.54, 1.807) is 6.92 Å². The molecule has 27 heavy (non-hydrogen) atoms. The maximum absolute atomic E-state index is 12.9. The van der Waals surface area contributed by atoms with E-state index in [1.807, 2.05) is 84.9 Å². The highest BCUT2D eigenvalue weighted by Crippen LogP contribution is 2.23. The number of carbonyl (C=O) groups excluding carboxylic acids is 1. The predicted octanol–water partition coefficient (Wildman–Crippen LogP) is 4.92. The first-order valence-electron chi connectivity index (χ1n) is 9.34. The molecule has 0 heterocycles. The fourth-order valence-corrected chi connectivity index (χ4v) is 3.06. The maximum atomic E-state index is 12.9. The highest BCUT2D eigenvalue weighted by atomic mass is 16.5. The lowest BCUT2D eigenvalue weighted by Crippen LogP contribution is -2.39. The minimum absolute atomic E-state index is 0.140. The summed E-state index contributed by atoms with van der Waals surface area (Å²) in [6.07, 6.45) is 0.272. The maximum Gasteiger partial charge on any atom is 0.261 e. The van der Waals surface area contributed by atoms with Gasteiger partial charge in [0.15, 0.2) is 6.10 Å². The molecule has 0 saturated heterocycles. The third kappa shape index (κ3) is 4.76. The summed E-state index contributed by atoms with van der Waals surface area (Å²) >= 11 is 0. The van der Waals surface area contributed by atoms with E-state index in [2.05, 4.69) is 12.2 Å². The molecule has 1 unspecified atom stereocenters. The number of aryl methyl sites for hydroxylation is 1. The minimum Gasteiger partial charge on any atom is -0.481 e. The van der Waals surface area contributed by atoms with Crippen LogP contribution in [-0.2, 0) is 11.2 Å². The normalized spacial score (nSPS) is 11.8. The second kappa shape index (κ2) is 9.04. The third-order valence-corrected chi connectivity index (χ3v) is 4.58. The van der Waals surface area contributed by atoms with Crippen molar-refractivity contribution in [2.45, 2.75) is 32.4 Å². The molecule has 3 rings (SSSR count). The first-order chi connectivity index (χ1) is 13.2. The predicted molar refractivity (Wildman–Crippen MR) is 109 cm³/mol. The van der Waals surface area contributed by atoms with Gasteiger partial charge in [0.05, 0.1) is 6.04 Å². The Balaban J connectivity index is 1.78. The van der Waals surface area contributed by atoms with Crippen LogP contribution in [0, 0.1) is 0 Å². The van der Waals surface area contributed by atoms with E-state index in [9.17, 15) is 4.79 Å². The lowest BCUT2D eigenvalue weighted by atomic mass is 9.98. The lowest BCUT2D eigenvalue weighted by Gasteiger charge is -2.23. The van der Waals surface area contributed by atoms with Crippen LogP contribution in [0.3, 0.4) is 0 Å². The van der Waals surface area contributed by atoms with Crippen molar-refractivity contribution in [2.75, 3.05) is 0 Å². The summed E-state index contributed by atoms with van der Waals surface area (Å²) < 4.78 is 5.96. The Hall–Kier alpha value is -3.07. The fourth-order valence-electron chi connectivity index (χ4n) is 3.06. The molecule has 0 aliphatic carbocycles. The molecule has 1 atom stereocenters. The van der Waals surface area contributed by atoms with Crippen LogP contribution < -0.4 is 10.1 Å². The number of benzene rings is 3. The van der Waals surface area contributed by atoms with Crippen LogP contribution in [0.4, 0.5) is 0 Å². The number of nitrogens with one attached hydrogen (secondary N) is 1. The van der Waals surface area contributed by atoms with Gasteiger partial charge in [-0.25, -0.2) is 0 Å². The minimum atomic E-state index is -0.590. The van der Waals surface area contributed by atoms with Gasteiger partial charge in [-0.3, -0.25) is 4.79 Å². The summed E-state index contributed by atoms with van der Waals surface area (Å²) in [6, 6.07) is 27.6. The first kappa shape index (κ1) is 18.7. The average molecular weight is 359 g/mol. The van der Waals surface area contributed by atoms with Crippen LogP contribution in [0.15, 0.2) is 84.9 Å². The lowest BCUT2D eigenvalue weighted by molar-refractivity contribution is -0.127. The van der Waals surface area contributed by atoms with Gasteiger partial charge in [-0.1, -0.05) is 85.8 Å². The van der Waals surface area contributed by atoms with E-state index >= 15 is 0 Å². The standard InChI is InChI=1S/C24H25NO2/c1-3-19-12-10-11-17-22(19)27-18(2)24(26)25-23(20-13-6-4-7-14-20)21-15-8-5-9-16-21/h4-18,23H,3H2,1-2H3,(H,25,26). The van der Waals surface area contributed by atoms with E-state index < -0.39 is 6.10 Å². The second-order valence-corrected chi connectivity index (χ2v) is 6.48. The number of rotatable bonds is 7. The summed E-state index contributed by atoms with van der Waals surface area (Å²) in [6.45, 7) is 3.86. The number of ether oxygens (including phenoxy) is 1. The van der Waals surface area contributed by atoms with Crippen molar-refractivity contribution >= 4 is 5.91 Å². The van der Waals surface area contributed by atoms with Crippen LogP contribution >= 0.6 is 0 Å². The zero-order valence-corrected chi connectivity index (χ0v) is 15.8. The zero-order valence-electron chi connectivity index (χ0n) is 15.8. The topological polar surface area (TPSA) is 38.3 Å². The number of para-hydroxylation sites is 1. The van der Waals surface area contributed by atoms with Gasteiger partial charge in [0, 0.05) is 0 Å². The van der Waals surface area contributed by atoms with Gasteiger partial charge >= 0.3 is 0 Å². The van der Waals surface area contributed by atoms with E-state index in [0.717, 1.165) is 28.9 Å². The van der Waals surface area contributed by atoms with Gasteiger partial charge in [0.25, 0.3) is 5.91 Å². The van der Waals surface area contributed by atoms with Gasteiger partial charge in [0.1, 0.15) is 5.75 Å². The Bertz CT molecular complexity index is 822. The molecule has 1 amide bonds. The summed E-state index contributed by atoms with van der Waals surface area (Å²) in [7, 11) is 0. The molecule has 3 nitrogen and oxygen atoms in total. The summed E-state index contributed by atoms with van der Waals surface area (Å²) in [5.41, 5.74) is 3.18. The summed E-state index contributed by atoms with van der Waals surface area (Å²) in [5, 5.41) is 3.14. The van der Waals surface area contributed by atoms with Crippen molar-refractivity contribution in [3.8, 4) is 5.75 Å². The Morgan fingerprint density at radius 2 is 1.37 bits per heavy atom. The number of hydrogen-bond donors (Lipinski definition) is 1. The van der Waals surface area contributed by atoms with E-state index in [-0.39, 0.29) is 11.9 Å². The average Bonchev–Trinajstić information content (AvgIpc) is 2.73. The molecular weight excluding hydrogens is 334 g/mol. The largest absolute Gasteiger partial charge is 0.481 e. The van der Waals surface area contributed by atoms with Crippen LogP contribution in [0.1, 0.15) is 36.6 Å². The quantitative estimate of drug-likeness (QED) is 0.650. The first-order valence-corrected chi connectivity index (χ1v) is 9.34.